The Kier molecular flexibility index (Phi) is 5.28. The lowest BCUT2D eigenvalue weighted by Gasteiger charge is -2.26. The maximum atomic E-state index is 12.0. The van der Waals surface area contributed by atoms with E-state index in [4.69, 9.17) is 9.47 Å². The minimum Gasteiger partial charge on any atom is -0.486 e. The summed E-state index contributed by atoms with van der Waals surface area (Å²) < 4.78 is 11.4. The van der Waals surface area contributed by atoms with Crippen molar-refractivity contribution >= 4 is 11.7 Å². The summed E-state index contributed by atoms with van der Waals surface area (Å²) in [5, 5.41) is 5.67. The van der Waals surface area contributed by atoms with Crippen LogP contribution >= 0.6 is 0 Å². The van der Waals surface area contributed by atoms with Crippen molar-refractivity contribution < 1.29 is 14.3 Å². The molecule has 6 heteroatoms. The highest BCUT2D eigenvalue weighted by molar-refractivity contribution is 5.73. The third-order valence-electron chi connectivity index (χ3n) is 3.96. The van der Waals surface area contributed by atoms with Gasteiger partial charge in [0.05, 0.1) is 6.54 Å². The van der Waals surface area contributed by atoms with Gasteiger partial charge in [-0.25, -0.2) is 4.79 Å². The molecule has 0 radical (unpaired) electrons. The van der Waals surface area contributed by atoms with Gasteiger partial charge in [0.2, 0.25) is 0 Å². The van der Waals surface area contributed by atoms with Gasteiger partial charge in [-0.3, -0.25) is 0 Å². The van der Waals surface area contributed by atoms with Crippen LogP contribution in [0.3, 0.4) is 0 Å². The number of para-hydroxylation sites is 2. The predicted molar refractivity (Wildman–Crippen MR) is 97.4 cm³/mol. The van der Waals surface area contributed by atoms with E-state index in [0.29, 0.717) is 25.4 Å². The lowest BCUT2D eigenvalue weighted by Crippen LogP contribution is -2.44. The van der Waals surface area contributed by atoms with Crippen molar-refractivity contribution in [1.29, 1.82) is 0 Å². The van der Waals surface area contributed by atoms with Crippen molar-refractivity contribution in [2.24, 2.45) is 0 Å². The van der Waals surface area contributed by atoms with Crippen LogP contribution in [0.1, 0.15) is 5.56 Å². The van der Waals surface area contributed by atoms with Crippen LogP contribution in [0.5, 0.6) is 11.5 Å². The number of nitrogens with one attached hydrogen (secondary N) is 2. The van der Waals surface area contributed by atoms with Gasteiger partial charge in [0, 0.05) is 26.3 Å². The van der Waals surface area contributed by atoms with Gasteiger partial charge in [-0.05, 0) is 29.8 Å². The van der Waals surface area contributed by atoms with E-state index in [2.05, 4.69) is 10.6 Å². The van der Waals surface area contributed by atoms with Gasteiger partial charge in [0.15, 0.2) is 17.6 Å². The van der Waals surface area contributed by atoms with Crippen LogP contribution in [-0.4, -0.2) is 39.4 Å². The van der Waals surface area contributed by atoms with Gasteiger partial charge in [-0.15, -0.1) is 0 Å². The molecule has 1 aliphatic rings. The average molecular weight is 341 g/mol. The number of carbonyl (C=O) groups is 1. The second-order valence-corrected chi connectivity index (χ2v) is 6.12. The first kappa shape index (κ1) is 17.0. The Balaban J connectivity index is 1.41. The van der Waals surface area contributed by atoms with Crippen LogP contribution in [0.25, 0.3) is 0 Å². The van der Waals surface area contributed by atoms with Crippen molar-refractivity contribution in [3.8, 4) is 11.5 Å². The number of hydrogen-bond acceptors (Lipinski definition) is 4. The standard InChI is InChI=1S/C19H23N3O3/c1-22(2)15-9-7-14(8-10-15)11-20-19(23)21-12-16-13-24-17-5-3-4-6-18(17)25-16/h3-10,16H,11-13H2,1-2H3,(H2,20,21,23). The Morgan fingerprint density at radius 2 is 1.80 bits per heavy atom. The highest BCUT2D eigenvalue weighted by Gasteiger charge is 2.20. The maximum Gasteiger partial charge on any atom is 0.315 e. The zero-order valence-electron chi connectivity index (χ0n) is 14.5. The number of hydrogen-bond donors (Lipinski definition) is 2. The number of benzene rings is 2. The largest absolute Gasteiger partial charge is 0.486 e. The number of urea groups is 1. The first-order valence-corrected chi connectivity index (χ1v) is 8.28. The molecule has 2 aromatic rings. The molecule has 132 valence electrons. The van der Waals surface area contributed by atoms with E-state index in [-0.39, 0.29) is 12.1 Å². The molecule has 2 amide bonds. The Bertz CT molecular complexity index is 716. The second kappa shape index (κ2) is 7.79. The Hall–Kier alpha value is -2.89. The fraction of sp³-hybridized carbons (Fsp3) is 0.316. The molecule has 0 saturated carbocycles. The lowest BCUT2D eigenvalue weighted by molar-refractivity contribution is 0.0918. The first-order valence-electron chi connectivity index (χ1n) is 8.28. The molecule has 0 saturated heterocycles. The highest BCUT2D eigenvalue weighted by atomic mass is 16.6. The van der Waals surface area contributed by atoms with E-state index < -0.39 is 0 Å². The minimum atomic E-state index is -0.223. The molecule has 3 rings (SSSR count). The molecule has 2 aromatic carbocycles. The molecule has 25 heavy (non-hydrogen) atoms. The Morgan fingerprint density at radius 1 is 1.08 bits per heavy atom. The number of rotatable bonds is 5. The molecule has 1 heterocycles. The second-order valence-electron chi connectivity index (χ2n) is 6.12. The van der Waals surface area contributed by atoms with Crippen LogP contribution in [0.2, 0.25) is 0 Å². The van der Waals surface area contributed by atoms with E-state index in [1.54, 1.807) is 0 Å². The molecule has 1 atom stereocenters. The van der Waals surface area contributed by atoms with E-state index in [9.17, 15) is 4.79 Å². The molecule has 1 unspecified atom stereocenters. The summed E-state index contributed by atoms with van der Waals surface area (Å²) in [6, 6.07) is 15.4. The van der Waals surface area contributed by atoms with Gasteiger partial charge in [-0.2, -0.15) is 0 Å². The number of fused-ring (bicyclic) bond motifs is 1. The zero-order valence-corrected chi connectivity index (χ0v) is 14.5. The fourth-order valence-corrected chi connectivity index (χ4v) is 2.53. The zero-order chi connectivity index (χ0) is 17.6. The van der Waals surface area contributed by atoms with Gasteiger partial charge in [-0.1, -0.05) is 24.3 Å². The summed E-state index contributed by atoms with van der Waals surface area (Å²) in [4.78, 5) is 14.0. The van der Waals surface area contributed by atoms with Crippen molar-refractivity contribution in [1.82, 2.24) is 10.6 Å². The van der Waals surface area contributed by atoms with Crippen molar-refractivity contribution in [2.75, 3.05) is 32.1 Å². The number of amides is 2. The SMILES string of the molecule is CN(C)c1ccc(CNC(=O)NCC2COc3ccccc3O2)cc1. The van der Waals surface area contributed by atoms with Crippen LogP contribution in [-0.2, 0) is 6.54 Å². The van der Waals surface area contributed by atoms with Crippen molar-refractivity contribution in [2.45, 2.75) is 12.6 Å². The van der Waals surface area contributed by atoms with Crippen LogP contribution in [0, 0.1) is 0 Å². The van der Waals surface area contributed by atoms with Gasteiger partial charge < -0.3 is 25.0 Å². The van der Waals surface area contributed by atoms with E-state index >= 15 is 0 Å². The topological polar surface area (TPSA) is 62.8 Å². The molecule has 0 aliphatic carbocycles. The van der Waals surface area contributed by atoms with Crippen LogP contribution < -0.4 is 25.0 Å². The minimum absolute atomic E-state index is 0.194. The van der Waals surface area contributed by atoms with Crippen molar-refractivity contribution in [3.05, 3.63) is 54.1 Å². The first-order chi connectivity index (χ1) is 12.1. The number of anilines is 1. The molecule has 6 nitrogen and oxygen atoms in total. The van der Waals surface area contributed by atoms with Crippen LogP contribution in [0.15, 0.2) is 48.5 Å². The third-order valence-corrected chi connectivity index (χ3v) is 3.96. The van der Waals surface area contributed by atoms with E-state index in [1.807, 2.05) is 67.5 Å². The number of carbonyl (C=O) groups excluding carboxylic acids is 1. The molecule has 0 aromatic heterocycles. The monoisotopic (exact) mass is 341 g/mol. The summed E-state index contributed by atoms with van der Waals surface area (Å²) in [5.41, 5.74) is 2.18. The van der Waals surface area contributed by atoms with Crippen molar-refractivity contribution in [3.63, 3.8) is 0 Å². The molecule has 0 fully saturated rings. The highest BCUT2D eigenvalue weighted by Crippen LogP contribution is 2.30. The van der Waals surface area contributed by atoms with E-state index in [0.717, 1.165) is 17.0 Å². The molecule has 0 bridgehead atoms. The van der Waals surface area contributed by atoms with E-state index in [1.165, 1.54) is 0 Å². The quantitative estimate of drug-likeness (QED) is 0.877. The molecule has 2 N–H and O–H groups in total. The van der Waals surface area contributed by atoms with Gasteiger partial charge in [0.25, 0.3) is 0 Å². The molecule has 1 aliphatic heterocycles. The Morgan fingerprint density at radius 3 is 2.52 bits per heavy atom. The molecular weight excluding hydrogens is 318 g/mol. The summed E-state index contributed by atoms with van der Waals surface area (Å²) in [6.45, 7) is 1.29. The normalized spacial score (nSPS) is 15.4. The third kappa shape index (κ3) is 4.56. The summed E-state index contributed by atoms with van der Waals surface area (Å²) >= 11 is 0. The summed E-state index contributed by atoms with van der Waals surface area (Å²) in [5.74, 6) is 1.45. The van der Waals surface area contributed by atoms with Gasteiger partial charge in [0.1, 0.15) is 6.61 Å². The average Bonchev–Trinajstić information content (AvgIpc) is 2.65. The lowest BCUT2D eigenvalue weighted by atomic mass is 10.2. The number of ether oxygens (including phenoxy) is 2. The smallest absolute Gasteiger partial charge is 0.315 e. The predicted octanol–water partition coefficient (Wildman–Crippen LogP) is 2.39. The molecule has 0 spiro atoms. The number of nitrogens with zero attached hydrogens (tertiary/aromatic N) is 1. The maximum absolute atomic E-state index is 12.0. The van der Waals surface area contributed by atoms with Crippen LogP contribution in [0.4, 0.5) is 10.5 Å². The summed E-state index contributed by atoms with van der Waals surface area (Å²) in [7, 11) is 3.99. The van der Waals surface area contributed by atoms with Gasteiger partial charge >= 0.3 is 6.03 Å². The molecular formula is C19H23N3O3. The summed E-state index contributed by atoms with van der Waals surface area (Å²) in [6.07, 6.45) is -0.194. The fourth-order valence-electron chi connectivity index (χ4n) is 2.53. The Labute approximate surface area is 147 Å².